The number of rotatable bonds is 34. The van der Waals surface area contributed by atoms with Gasteiger partial charge in [0, 0.05) is 19.3 Å². The number of carboxylic acid groups (broad SMARTS) is 1. The van der Waals surface area contributed by atoms with E-state index in [1.54, 1.807) is 0 Å². The molecule has 2 atom stereocenters. The summed E-state index contributed by atoms with van der Waals surface area (Å²) in [7, 11) is 5.50. The van der Waals surface area contributed by atoms with Crippen molar-refractivity contribution in [3.8, 4) is 0 Å². The molecule has 0 radical (unpaired) electrons. The van der Waals surface area contributed by atoms with Crippen LogP contribution in [0.25, 0.3) is 0 Å². The Balaban J connectivity index is 4.49. The van der Waals surface area contributed by atoms with Crippen LogP contribution < -0.4 is 0 Å². The highest BCUT2D eigenvalue weighted by molar-refractivity contribution is 5.72. The Bertz CT molecular complexity index is 1020. The van der Waals surface area contributed by atoms with Crippen molar-refractivity contribution in [1.29, 1.82) is 0 Å². The molecule has 292 valence electrons. The van der Waals surface area contributed by atoms with Crippen LogP contribution in [0, 0.1) is 0 Å². The molecule has 0 aliphatic carbocycles. The van der Waals surface area contributed by atoms with Gasteiger partial charge < -0.3 is 23.8 Å². The molecule has 0 heterocycles. The molecule has 0 aliphatic heterocycles. The van der Waals surface area contributed by atoms with Crippen LogP contribution in [0.5, 0.6) is 0 Å². The molecule has 0 saturated heterocycles. The maximum Gasteiger partial charge on any atom is 0.362 e. The van der Waals surface area contributed by atoms with Gasteiger partial charge in [0.2, 0.25) is 0 Å². The predicted octanol–water partition coefficient (Wildman–Crippen LogP) is 10.2. The van der Waals surface area contributed by atoms with Gasteiger partial charge in [-0.2, -0.15) is 0 Å². The van der Waals surface area contributed by atoms with Crippen LogP contribution in [0.2, 0.25) is 0 Å². The summed E-state index contributed by atoms with van der Waals surface area (Å²) in [5.41, 5.74) is 0. The first-order valence-electron chi connectivity index (χ1n) is 19.9. The first-order chi connectivity index (χ1) is 24.6. The highest BCUT2D eigenvalue weighted by Crippen LogP contribution is 2.14. The third kappa shape index (κ3) is 32.7. The van der Waals surface area contributed by atoms with Crippen molar-refractivity contribution in [3.63, 3.8) is 0 Å². The third-order valence-corrected chi connectivity index (χ3v) is 8.56. The molecule has 0 aromatic carbocycles. The molecular weight excluding hydrogens is 642 g/mol. The lowest BCUT2D eigenvalue weighted by atomic mass is 10.0. The van der Waals surface area contributed by atoms with Gasteiger partial charge in [0.05, 0.1) is 34.4 Å². The minimum atomic E-state index is -0.884. The normalized spacial score (nSPS) is 13.7. The van der Waals surface area contributed by atoms with E-state index in [0.717, 1.165) is 51.4 Å². The number of esters is 2. The molecule has 0 aromatic heterocycles. The van der Waals surface area contributed by atoms with Gasteiger partial charge in [-0.1, -0.05) is 152 Å². The zero-order valence-electron chi connectivity index (χ0n) is 33.0. The van der Waals surface area contributed by atoms with E-state index in [4.69, 9.17) is 14.2 Å². The molecule has 1 N–H and O–H groups in total. The molecule has 0 aliphatic rings. The molecule has 0 fully saturated rings. The predicted molar refractivity (Wildman–Crippen MR) is 211 cm³/mol. The Hall–Kier alpha value is -2.97. The first-order valence-corrected chi connectivity index (χ1v) is 19.9. The second kappa shape index (κ2) is 34.1. The van der Waals surface area contributed by atoms with E-state index < -0.39 is 18.1 Å². The number of likely N-dealkylation sites (N-methyl/N-ethyl adjacent to an activating group) is 1. The van der Waals surface area contributed by atoms with Crippen LogP contribution in [0.4, 0.5) is 0 Å². The van der Waals surface area contributed by atoms with Gasteiger partial charge in [0.25, 0.3) is 0 Å². The fraction of sp³-hybridized carbons (Fsp3) is 0.698. The number of aliphatic carboxylic acids is 1. The summed E-state index contributed by atoms with van der Waals surface area (Å²) in [5, 5.41) is 9.59. The molecule has 8 nitrogen and oxygen atoms in total. The average molecular weight is 717 g/mol. The molecule has 0 spiro atoms. The summed E-state index contributed by atoms with van der Waals surface area (Å²) in [5.74, 6) is -1.53. The molecule has 2 unspecified atom stereocenters. The van der Waals surface area contributed by atoms with E-state index >= 15 is 0 Å². The topological polar surface area (TPSA) is 99.1 Å². The van der Waals surface area contributed by atoms with E-state index in [0.29, 0.717) is 19.3 Å². The van der Waals surface area contributed by atoms with E-state index in [-0.39, 0.29) is 36.2 Å². The Morgan fingerprint density at radius 2 is 1.10 bits per heavy atom. The van der Waals surface area contributed by atoms with Crippen LogP contribution >= 0.6 is 0 Å². The number of quaternary nitrogens is 1. The standard InChI is InChI=1S/C43H73NO7/c1-6-8-10-12-14-16-18-20-21-22-24-25-27-29-31-33-41(45)50-38-39(37-49-36-35-40(43(47)48)44(3,4)5)51-42(46)34-32-30-28-26-23-19-17-15-13-11-9-7-2/h8,10,12,14,16,18,20-22,24,39-40H,6-7,9,11,13,15,17,19,23,25-38H2,1-5H3/p+1/b10-8+,14-12+,18-16+,21-20+,24-22+. The number of allylic oxidation sites excluding steroid dienone is 10. The molecule has 0 bridgehead atoms. The molecule has 8 heteroatoms. The summed E-state index contributed by atoms with van der Waals surface area (Å²) in [6, 6.07) is -0.621. The van der Waals surface area contributed by atoms with Crippen molar-refractivity contribution in [3.05, 3.63) is 60.8 Å². The van der Waals surface area contributed by atoms with Gasteiger partial charge in [-0.15, -0.1) is 0 Å². The number of unbranched alkanes of at least 4 members (excludes halogenated alkanes) is 14. The second-order valence-electron chi connectivity index (χ2n) is 14.3. The number of carbonyl (C=O) groups excluding carboxylic acids is 2. The van der Waals surface area contributed by atoms with E-state index in [2.05, 4.69) is 26.0 Å². The summed E-state index contributed by atoms with van der Waals surface area (Å²) in [6.45, 7) is 4.52. The number of hydrogen-bond donors (Lipinski definition) is 1. The fourth-order valence-electron chi connectivity index (χ4n) is 5.46. The minimum Gasteiger partial charge on any atom is -0.477 e. The van der Waals surface area contributed by atoms with Crippen molar-refractivity contribution in [2.75, 3.05) is 41.0 Å². The Morgan fingerprint density at radius 3 is 1.63 bits per heavy atom. The second-order valence-corrected chi connectivity index (χ2v) is 14.3. The van der Waals surface area contributed by atoms with Crippen LogP contribution in [-0.4, -0.2) is 80.6 Å². The van der Waals surface area contributed by atoms with Crippen LogP contribution in [0.15, 0.2) is 60.8 Å². The Kier molecular flexibility index (Phi) is 32.1. The minimum absolute atomic E-state index is 0.0462. The van der Waals surface area contributed by atoms with Gasteiger partial charge in [-0.25, -0.2) is 4.79 Å². The molecule has 0 aromatic rings. The number of carbonyl (C=O) groups is 3. The monoisotopic (exact) mass is 717 g/mol. The van der Waals surface area contributed by atoms with Crippen molar-refractivity contribution in [2.24, 2.45) is 0 Å². The number of ether oxygens (including phenoxy) is 3. The fourth-order valence-corrected chi connectivity index (χ4v) is 5.46. The van der Waals surface area contributed by atoms with Crippen LogP contribution in [-0.2, 0) is 28.6 Å². The van der Waals surface area contributed by atoms with Crippen molar-refractivity contribution >= 4 is 17.9 Å². The molecule has 0 amide bonds. The summed E-state index contributed by atoms with van der Waals surface area (Å²) < 4.78 is 17.2. The van der Waals surface area contributed by atoms with Crippen LogP contribution in [0.1, 0.15) is 142 Å². The van der Waals surface area contributed by atoms with Gasteiger partial charge in [0.1, 0.15) is 6.61 Å². The molecule has 51 heavy (non-hydrogen) atoms. The maximum atomic E-state index is 12.7. The van der Waals surface area contributed by atoms with E-state index in [1.165, 1.54) is 57.8 Å². The molecule has 0 rings (SSSR count). The Labute approximate surface area is 311 Å². The summed E-state index contributed by atoms with van der Waals surface area (Å²) in [4.78, 5) is 36.8. The zero-order chi connectivity index (χ0) is 37.8. The smallest absolute Gasteiger partial charge is 0.362 e. The molecular formula is C43H74NO7+. The third-order valence-electron chi connectivity index (χ3n) is 8.56. The van der Waals surface area contributed by atoms with Gasteiger partial charge >= 0.3 is 17.9 Å². The quantitative estimate of drug-likeness (QED) is 0.0306. The highest BCUT2D eigenvalue weighted by Gasteiger charge is 2.31. The van der Waals surface area contributed by atoms with Crippen molar-refractivity contribution in [2.45, 2.75) is 154 Å². The summed E-state index contributed by atoms with van der Waals surface area (Å²) in [6.07, 6.45) is 39.7. The lowest BCUT2D eigenvalue weighted by Gasteiger charge is -2.31. The van der Waals surface area contributed by atoms with Crippen LogP contribution in [0.3, 0.4) is 0 Å². The van der Waals surface area contributed by atoms with Gasteiger partial charge in [-0.3, -0.25) is 9.59 Å². The lowest BCUT2D eigenvalue weighted by Crippen LogP contribution is -2.50. The van der Waals surface area contributed by atoms with Gasteiger partial charge in [0.15, 0.2) is 12.1 Å². The molecule has 0 saturated carbocycles. The van der Waals surface area contributed by atoms with Crippen molar-refractivity contribution in [1.82, 2.24) is 0 Å². The lowest BCUT2D eigenvalue weighted by molar-refractivity contribution is -0.887. The number of nitrogens with zero attached hydrogens (tertiary/aromatic N) is 1. The highest BCUT2D eigenvalue weighted by atomic mass is 16.6. The SMILES string of the molecule is CC/C=C/C=C/C=C/C=C/C=C/CCCCCC(=O)OCC(COCCC(C(=O)O)[N+](C)(C)C)OC(=O)CCCCCCCCCCCCCC. The van der Waals surface area contributed by atoms with Crippen molar-refractivity contribution < 1.29 is 38.2 Å². The first kappa shape index (κ1) is 48.0. The Morgan fingerprint density at radius 1 is 0.608 bits per heavy atom. The maximum absolute atomic E-state index is 12.7. The largest absolute Gasteiger partial charge is 0.477 e. The number of carboxylic acids is 1. The summed E-state index contributed by atoms with van der Waals surface area (Å²) >= 11 is 0. The van der Waals surface area contributed by atoms with Gasteiger partial charge in [-0.05, 0) is 32.1 Å². The average Bonchev–Trinajstić information content (AvgIpc) is 3.08. The zero-order valence-corrected chi connectivity index (χ0v) is 33.0. The van der Waals surface area contributed by atoms with E-state index in [1.807, 2.05) is 69.8 Å². The number of hydrogen-bond acceptors (Lipinski definition) is 6. The van der Waals surface area contributed by atoms with E-state index in [9.17, 15) is 19.5 Å².